The molecule has 174 valence electrons. The van der Waals surface area contributed by atoms with Crippen molar-refractivity contribution in [2.24, 2.45) is 0 Å². The van der Waals surface area contributed by atoms with Crippen LogP contribution in [0.1, 0.15) is 72.9 Å². The van der Waals surface area contributed by atoms with Crippen LogP contribution in [-0.2, 0) is 6.42 Å². The van der Waals surface area contributed by atoms with Crippen LogP contribution < -0.4 is 5.32 Å². The zero-order chi connectivity index (χ0) is 23.8. The van der Waals surface area contributed by atoms with Gasteiger partial charge in [-0.25, -0.2) is 4.68 Å². The highest BCUT2D eigenvalue weighted by Gasteiger charge is 2.27. The van der Waals surface area contributed by atoms with E-state index in [9.17, 15) is 4.79 Å². The Balaban J connectivity index is 1.79. The second-order valence-electron chi connectivity index (χ2n) is 8.53. The minimum atomic E-state index is -0.0644. The van der Waals surface area contributed by atoms with Gasteiger partial charge in [0, 0.05) is 0 Å². The van der Waals surface area contributed by atoms with E-state index in [2.05, 4.69) is 43.4 Å². The normalized spacial score (nSPS) is 13.9. The number of hydrogen-bond donors (Lipinski definition) is 1. The third kappa shape index (κ3) is 5.28. The number of allylic oxidation sites excluding steroid dienone is 6. The highest BCUT2D eigenvalue weighted by atomic mass is 16.1. The molecular weight excluding hydrogens is 418 g/mol. The number of hydrogen-bond acceptors (Lipinski definition) is 2. The number of aromatic nitrogens is 2. The summed E-state index contributed by atoms with van der Waals surface area (Å²) in [5, 5.41) is 8.35. The van der Waals surface area contributed by atoms with Gasteiger partial charge in [0.1, 0.15) is 5.69 Å². The highest BCUT2D eigenvalue weighted by molar-refractivity contribution is 6.01. The lowest BCUT2D eigenvalue weighted by atomic mass is 9.99. The van der Waals surface area contributed by atoms with Crippen molar-refractivity contribution in [3.63, 3.8) is 0 Å². The number of rotatable bonds is 9. The molecule has 4 nitrogen and oxygen atoms in total. The summed E-state index contributed by atoms with van der Waals surface area (Å²) in [6.45, 7) is 4.27. The van der Waals surface area contributed by atoms with Gasteiger partial charge in [0.25, 0.3) is 5.91 Å². The molecule has 3 aromatic rings. The molecule has 0 saturated heterocycles. The maximum absolute atomic E-state index is 13.9. The molecule has 0 aliphatic heterocycles. The van der Waals surface area contributed by atoms with Crippen molar-refractivity contribution in [1.82, 2.24) is 15.1 Å². The molecule has 0 fully saturated rings. The molecule has 2 aromatic carbocycles. The maximum atomic E-state index is 13.9. The molecule has 1 aromatic heterocycles. The third-order valence-electron chi connectivity index (χ3n) is 6.17. The van der Waals surface area contributed by atoms with Crippen molar-refractivity contribution in [3.05, 3.63) is 114 Å². The van der Waals surface area contributed by atoms with Crippen LogP contribution in [0.3, 0.4) is 0 Å². The first-order valence-corrected chi connectivity index (χ1v) is 12.3. The van der Waals surface area contributed by atoms with Crippen LogP contribution in [0.4, 0.5) is 0 Å². The van der Waals surface area contributed by atoms with Gasteiger partial charge in [-0.1, -0.05) is 106 Å². The Hall–Kier alpha value is -3.66. The van der Waals surface area contributed by atoms with E-state index in [1.807, 2.05) is 71.4 Å². The van der Waals surface area contributed by atoms with Gasteiger partial charge in [-0.15, -0.1) is 0 Å². The Morgan fingerprint density at radius 3 is 2.47 bits per heavy atom. The van der Waals surface area contributed by atoms with Gasteiger partial charge >= 0.3 is 0 Å². The summed E-state index contributed by atoms with van der Waals surface area (Å²) >= 11 is 0. The van der Waals surface area contributed by atoms with E-state index < -0.39 is 0 Å². The molecular formula is C30H33N3O. The van der Waals surface area contributed by atoms with Crippen molar-refractivity contribution in [1.29, 1.82) is 0 Å². The second-order valence-corrected chi connectivity index (χ2v) is 8.53. The lowest BCUT2D eigenvalue weighted by molar-refractivity contribution is 0.0933. The Bertz CT molecular complexity index is 1190. The quantitative estimate of drug-likeness (QED) is 0.381. The van der Waals surface area contributed by atoms with Crippen LogP contribution in [0, 0.1) is 0 Å². The Kier molecular flexibility index (Phi) is 7.92. The minimum absolute atomic E-state index is 0.0356. The number of nitrogens with zero attached hydrogens (tertiary/aromatic N) is 2. The van der Waals surface area contributed by atoms with Gasteiger partial charge in [-0.05, 0) is 42.5 Å². The van der Waals surface area contributed by atoms with Crippen molar-refractivity contribution in [2.45, 2.75) is 52.0 Å². The molecule has 1 N–H and O–H groups in total. The fourth-order valence-corrected chi connectivity index (χ4v) is 4.40. The fourth-order valence-electron chi connectivity index (χ4n) is 4.40. The van der Waals surface area contributed by atoms with E-state index in [0.29, 0.717) is 12.0 Å². The zero-order valence-corrected chi connectivity index (χ0v) is 20.1. The van der Waals surface area contributed by atoms with Gasteiger partial charge in [-0.3, -0.25) is 4.79 Å². The van der Waals surface area contributed by atoms with E-state index in [0.717, 1.165) is 53.9 Å². The average molecular weight is 452 g/mol. The van der Waals surface area contributed by atoms with Crippen LogP contribution in [0.25, 0.3) is 11.3 Å². The highest BCUT2D eigenvalue weighted by Crippen LogP contribution is 2.29. The van der Waals surface area contributed by atoms with Crippen molar-refractivity contribution < 1.29 is 4.79 Å². The summed E-state index contributed by atoms with van der Waals surface area (Å²) in [7, 11) is 0. The predicted octanol–water partition coefficient (Wildman–Crippen LogP) is 7.00. The summed E-state index contributed by atoms with van der Waals surface area (Å²) in [6, 6.07) is 20.3. The maximum Gasteiger partial charge on any atom is 0.255 e. The van der Waals surface area contributed by atoms with Gasteiger partial charge in [-0.2, -0.15) is 5.10 Å². The largest absolute Gasteiger partial charge is 0.345 e. The Morgan fingerprint density at radius 1 is 1.03 bits per heavy atom. The molecule has 1 amide bonds. The molecule has 0 spiro atoms. The number of carbonyl (C=O) groups excluding carboxylic acids is 1. The van der Waals surface area contributed by atoms with Crippen molar-refractivity contribution in [3.8, 4) is 5.69 Å². The van der Waals surface area contributed by atoms with Crippen LogP contribution in [-0.4, -0.2) is 15.7 Å². The van der Waals surface area contributed by atoms with Crippen LogP contribution in [0.2, 0.25) is 0 Å². The van der Waals surface area contributed by atoms with Gasteiger partial charge < -0.3 is 5.32 Å². The lowest BCUT2D eigenvalue weighted by Crippen LogP contribution is -2.30. The van der Waals surface area contributed by atoms with Gasteiger partial charge in [0.2, 0.25) is 0 Å². The summed E-state index contributed by atoms with van der Waals surface area (Å²) < 4.78 is 1.93. The van der Waals surface area contributed by atoms with E-state index in [1.54, 1.807) is 0 Å². The first-order valence-electron chi connectivity index (χ1n) is 12.3. The first-order chi connectivity index (χ1) is 16.7. The molecule has 1 aliphatic carbocycles. The zero-order valence-electron chi connectivity index (χ0n) is 20.1. The van der Waals surface area contributed by atoms with Crippen LogP contribution in [0.5, 0.6) is 0 Å². The molecule has 1 heterocycles. The molecule has 1 unspecified atom stereocenters. The molecule has 4 rings (SSSR count). The predicted molar refractivity (Wildman–Crippen MR) is 140 cm³/mol. The van der Waals surface area contributed by atoms with Crippen LogP contribution >= 0.6 is 0 Å². The third-order valence-corrected chi connectivity index (χ3v) is 6.17. The number of benzene rings is 2. The number of unbranched alkanes of at least 4 members (excludes halogenated alkanes) is 1. The first kappa shape index (κ1) is 23.5. The van der Waals surface area contributed by atoms with Gasteiger partial charge in [0.15, 0.2) is 0 Å². The molecule has 34 heavy (non-hydrogen) atoms. The number of amides is 1. The SMILES string of the molecule is CCCCC(NC(=O)c1c(C2=CCC=CC=C2)nn(-c2ccccc2)c1CC)c1ccccc1. The van der Waals surface area contributed by atoms with Crippen molar-refractivity contribution >= 4 is 11.5 Å². The van der Waals surface area contributed by atoms with Crippen molar-refractivity contribution in [2.75, 3.05) is 0 Å². The minimum Gasteiger partial charge on any atom is -0.345 e. The lowest BCUT2D eigenvalue weighted by Gasteiger charge is -2.20. The molecule has 1 atom stereocenters. The van der Waals surface area contributed by atoms with Gasteiger partial charge in [0.05, 0.1) is 23.0 Å². The number of carbonyl (C=O) groups is 1. The van der Waals surface area contributed by atoms with Crippen LogP contribution in [0.15, 0.2) is 91.0 Å². The Labute approximate surface area is 202 Å². The molecule has 0 bridgehead atoms. The van der Waals surface area contributed by atoms with E-state index >= 15 is 0 Å². The molecule has 4 heteroatoms. The monoisotopic (exact) mass is 451 g/mol. The second kappa shape index (κ2) is 11.5. The molecule has 1 aliphatic rings. The Morgan fingerprint density at radius 2 is 1.76 bits per heavy atom. The molecule has 0 radical (unpaired) electrons. The summed E-state index contributed by atoms with van der Waals surface area (Å²) in [5.74, 6) is -0.0644. The summed E-state index contributed by atoms with van der Waals surface area (Å²) in [6.07, 6.45) is 14.9. The van der Waals surface area contributed by atoms with E-state index in [-0.39, 0.29) is 11.9 Å². The van der Waals surface area contributed by atoms with E-state index in [1.165, 1.54) is 0 Å². The summed E-state index contributed by atoms with van der Waals surface area (Å²) in [5.41, 5.74) is 5.40. The topological polar surface area (TPSA) is 46.9 Å². The smallest absolute Gasteiger partial charge is 0.255 e. The standard InChI is InChI=1S/C30H33N3O/c1-3-5-22-26(23-16-12-8-13-17-23)31-30(34)28-27(4-2)33(25-20-14-9-15-21-25)32-29(28)24-18-10-6-7-11-19-24/h6-10,12-21,26H,3-5,11,22H2,1-2H3,(H,31,34). The average Bonchev–Trinajstić information content (AvgIpc) is 3.06. The van der Waals surface area contributed by atoms with E-state index in [4.69, 9.17) is 5.10 Å². The number of nitrogens with one attached hydrogen (secondary N) is 1. The molecule has 0 saturated carbocycles. The number of para-hydroxylation sites is 1. The summed E-state index contributed by atoms with van der Waals surface area (Å²) in [4.78, 5) is 13.9. The fraction of sp³-hybridized carbons (Fsp3) is 0.267.